The van der Waals surface area contributed by atoms with Gasteiger partial charge in [-0.15, -0.1) is 0 Å². The Balaban J connectivity index is 2.02. The zero-order valence-corrected chi connectivity index (χ0v) is 10.8. The molecule has 1 fully saturated rings. The maximum Gasteiger partial charge on any atom is 0.175 e. The van der Waals surface area contributed by atoms with Crippen LogP contribution in [-0.4, -0.2) is 43.8 Å². The molecule has 0 radical (unpaired) electrons. The Morgan fingerprint density at radius 1 is 1.28 bits per heavy atom. The highest BCUT2D eigenvalue weighted by atomic mass is 16.7. The van der Waals surface area contributed by atoms with E-state index in [4.69, 9.17) is 9.47 Å². The minimum Gasteiger partial charge on any atom is -0.391 e. The van der Waals surface area contributed by atoms with Gasteiger partial charge < -0.3 is 19.5 Å². The summed E-state index contributed by atoms with van der Waals surface area (Å²) in [6, 6.07) is 10.1. The van der Waals surface area contributed by atoms with Gasteiger partial charge in [0.1, 0.15) is 0 Å². The smallest absolute Gasteiger partial charge is 0.175 e. The minimum absolute atomic E-state index is 0.186. The molecule has 0 saturated carbocycles. The van der Waals surface area contributed by atoms with Crippen molar-refractivity contribution in [1.29, 1.82) is 0 Å². The molecule has 0 spiro atoms. The van der Waals surface area contributed by atoms with Crippen LogP contribution in [0.15, 0.2) is 30.3 Å². The summed E-state index contributed by atoms with van der Waals surface area (Å²) in [5.41, 5.74) is 1.09. The van der Waals surface area contributed by atoms with Crippen LogP contribution in [0.2, 0.25) is 0 Å². The van der Waals surface area contributed by atoms with Crippen molar-refractivity contribution in [3.63, 3.8) is 0 Å². The molecule has 0 amide bonds. The standard InChI is InChI=1S/C14H21NO3/c1-2-13(16)10-15(11-14-17-8-9-18-14)12-6-4-3-5-7-12/h3-7,13-14,16H,2,8-11H2,1H3. The third kappa shape index (κ3) is 3.70. The minimum atomic E-state index is -0.327. The molecule has 1 heterocycles. The van der Waals surface area contributed by atoms with Crippen molar-refractivity contribution in [2.45, 2.75) is 25.7 Å². The molecule has 1 aliphatic heterocycles. The number of nitrogens with zero attached hydrogens (tertiary/aromatic N) is 1. The summed E-state index contributed by atoms with van der Waals surface area (Å²) in [4.78, 5) is 2.12. The number of benzene rings is 1. The van der Waals surface area contributed by atoms with Crippen molar-refractivity contribution < 1.29 is 14.6 Å². The first kappa shape index (κ1) is 13.3. The lowest BCUT2D eigenvalue weighted by atomic mass is 10.2. The summed E-state index contributed by atoms with van der Waals surface area (Å²) in [6.07, 6.45) is 0.233. The van der Waals surface area contributed by atoms with Gasteiger partial charge in [-0.05, 0) is 18.6 Å². The highest BCUT2D eigenvalue weighted by molar-refractivity contribution is 5.46. The third-order valence-electron chi connectivity index (χ3n) is 3.08. The largest absolute Gasteiger partial charge is 0.391 e. The second-order valence-corrected chi connectivity index (χ2v) is 4.47. The Bertz CT molecular complexity index is 338. The fraction of sp³-hybridized carbons (Fsp3) is 0.571. The molecular formula is C14H21NO3. The van der Waals surface area contributed by atoms with E-state index in [1.165, 1.54) is 0 Å². The first-order valence-electron chi connectivity index (χ1n) is 6.51. The Morgan fingerprint density at radius 3 is 2.56 bits per heavy atom. The van der Waals surface area contributed by atoms with Gasteiger partial charge in [-0.2, -0.15) is 0 Å². The fourth-order valence-corrected chi connectivity index (χ4v) is 2.00. The summed E-state index contributed by atoms with van der Waals surface area (Å²) < 4.78 is 10.9. The maximum atomic E-state index is 9.84. The number of aliphatic hydroxyl groups is 1. The molecule has 4 nitrogen and oxygen atoms in total. The van der Waals surface area contributed by atoms with E-state index < -0.39 is 0 Å². The van der Waals surface area contributed by atoms with Gasteiger partial charge in [0.2, 0.25) is 0 Å². The van der Waals surface area contributed by atoms with Crippen molar-refractivity contribution in [2.75, 3.05) is 31.2 Å². The number of rotatable bonds is 6. The molecule has 4 heteroatoms. The van der Waals surface area contributed by atoms with Crippen LogP contribution in [-0.2, 0) is 9.47 Å². The van der Waals surface area contributed by atoms with Crippen LogP contribution in [0.4, 0.5) is 5.69 Å². The lowest BCUT2D eigenvalue weighted by molar-refractivity contribution is -0.0352. The lowest BCUT2D eigenvalue weighted by Crippen LogP contribution is -2.38. The van der Waals surface area contributed by atoms with E-state index in [9.17, 15) is 5.11 Å². The number of aliphatic hydroxyl groups excluding tert-OH is 1. The van der Waals surface area contributed by atoms with E-state index in [-0.39, 0.29) is 12.4 Å². The van der Waals surface area contributed by atoms with Crippen LogP contribution in [0.25, 0.3) is 0 Å². The summed E-state index contributed by atoms with van der Waals surface area (Å²) in [6.45, 7) is 4.55. The van der Waals surface area contributed by atoms with Crippen LogP contribution in [0, 0.1) is 0 Å². The molecule has 0 aliphatic carbocycles. The Kier molecular flexibility index (Phi) is 4.99. The van der Waals surface area contributed by atoms with Gasteiger partial charge in [0.05, 0.1) is 25.9 Å². The molecule has 0 aromatic heterocycles. The van der Waals surface area contributed by atoms with E-state index in [0.29, 0.717) is 26.3 Å². The topological polar surface area (TPSA) is 41.9 Å². The monoisotopic (exact) mass is 251 g/mol. The molecule has 1 unspecified atom stereocenters. The highest BCUT2D eigenvalue weighted by Crippen LogP contribution is 2.17. The van der Waals surface area contributed by atoms with Crippen molar-refractivity contribution in [2.24, 2.45) is 0 Å². The molecule has 100 valence electrons. The fourth-order valence-electron chi connectivity index (χ4n) is 2.00. The first-order chi connectivity index (χ1) is 8.79. The SMILES string of the molecule is CCC(O)CN(CC1OCCO1)c1ccccc1. The molecule has 1 saturated heterocycles. The number of hydrogen-bond acceptors (Lipinski definition) is 4. The van der Waals surface area contributed by atoms with Gasteiger partial charge in [0.25, 0.3) is 0 Å². The molecule has 1 atom stereocenters. The molecule has 1 aromatic rings. The van der Waals surface area contributed by atoms with Crippen molar-refractivity contribution in [3.8, 4) is 0 Å². The van der Waals surface area contributed by atoms with E-state index in [0.717, 1.165) is 12.1 Å². The van der Waals surface area contributed by atoms with Gasteiger partial charge in [-0.3, -0.25) is 0 Å². The first-order valence-corrected chi connectivity index (χ1v) is 6.51. The Hall–Kier alpha value is -1.10. The lowest BCUT2D eigenvalue weighted by Gasteiger charge is -2.28. The van der Waals surface area contributed by atoms with Gasteiger partial charge in [-0.25, -0.2) is 0 Å². The number of anilines is 1. The maximum absolute atomic E-state index is 9.84. The number of ether oxygens (including phenoxy) is 2. The second-order valence-electron chi connectivity index (χ2n) is 4.47. The molecule has 1 aliphatic rings. The van der Waals surface area contributed by atoms with Crippen LogP contribution in [0.3, 0.4) is 0 Å². The van der Waals surface area contributed by atoms with Crippen LogP contribution >= 0.6 is 0 Å². The number of hydrogen-bond donors (Lipinski definition) is 1. The molecule has 0 bridgehead atoms. The molecule has 2 rings (SSSR count). The van der Waals surface area contributed by atoms with Gasteiger partial charge in [0.15, 0.2) is 6.29 Å². The van der Waals surface area contributed by atoms with E-state index in [1.54, 1.807) is 0 Å². The predicted octanol–water partition coefficient (Wildman–Crippen LogP) is 1.64. The number of para-hydroxylation sites is 1. The van der Waals surface area contributed by atoms with E-state index in [1.807, 2.05) is 37.3 Å². The van der Waals surface area contributed by atoms with Crippen LogP contribution in [0.1, 0.15) is 13.3 Å². The van der Waals surface area contributed by atoms with Crippen molar-refractivity contribution in [1.82, 2.24) is 0 Å². The zero-order chi connectivity index (χ0) is 12.8. The summed E-state index contributed by atoms with van der Waals surface area (Å²) in [7, 11) is 0. The highest BCUT2D eigenvalue weighted by Gasteiger charge is 2.21. The summed E-state index contributed by atoms with van der Waals surface area (Å²) >= 11 is 0. The molecule has 18 heavy (non-hydrogen) atoms. The summed E-state index contributed by atoms with van der Waals surface area (Å²) in [5.74, 6) is 0. The quantitative estimate of drug-likeness (QED) is 0.834. The molecule has 1 N–H and O–H groups in total. The van der Waals surface area contributed by atoms with Gasteiger partial charge in [-0.1, -0.05) is 25.1 Å². The predicted molar refractivity (Wildman–Crippen MR) is 70.6 cm³/mol. The van der Waals surface area contributed by atoms with E-state index >= 15 is 0 Å². The Morgan fingerprint density at radius 2 is 1.94 bits per heavy atom. The molecular weight excluding hydrogens is 230 g/mol. The van der Waals surface area contributed by atoms with E-state index in [2.05, 4.69) is 4.90 Å². The average molecular weight is 251 g/mol. The third-order valence-corrected chi connectivity index (χ3v) is 3.08. The van der Waals surface area contributed by atoms with Crippen molar-refractivity contribution in [3.05, 3.63) is 30.3 Å². The second kappa shape index (κ2) is 6.73. The van der Waals surface area contributed by atoms with Gasteiger partial charge >= 0.3 is 0 Å². The summed E-state index contributed by atoms with van der Waals surface area (Å²) in [5, 5.41) is 9.84. The van der Waals surface area contributed by atoms with Crippen molar-refractivity contribution >= 4 is 5.69 Å². The van der Waals surface area contributed by atoms with Crippen LogP contribution < -0.4 is 4.90 Å². The Labute approximate surface area is 108 Å². The van der Waals surface area contributed by atoms with Crippen LogP contribution in [0.5, 0.6) is 0 Å². The zero-order valence-electron chi connectivity index (χ0n) is 10.8. The normalized spacial score (nSPS) is 17.9. The molecule has 1 aromatic carbocycles. The average Bonchev–Trinajstić information content (AvgIpc) is 2.92. The van der Waals surface area contributed by atoms with Gasteiger partial charge in [0, 0.05) is 12.2 Å².